The van der Waals surface area contributed by atoms with Gasteiger partial charge in [-0.15, -0.1) is 0 Å². The molecule has 6 nitrogen and oxygen atoms in total. The van der Waals surface area contributed by atoms with Crippen LogP contribution in [0.2, 0.25) is 0 Å². The van der Waals surface area contributed by atoms with Gasteiger partial charge in [-0.2, -0.15) is 0 Å². The third-order valence-corrected chi connectivity index (χ3v) is 4.09. The Labute approximate surface area is 136 Å². The van der Waals surface area contributed by atoms with Gasteiger partial charge < -0.3 is 15.6 Å². The zero-order chi connectivity index (χ0) is 16.7. The molecule has 0 bridgehead atoms. The number of para-hydroxylation sites is 1. The number of amides is 2. The predicted molar refractivity (Wildman–Crippen MR) is 86.5 cm³/mol. The summed E-state index contributed by atoms with van der Waals surface area (Å²) in [4.78, 5) is 23.3. The number of phenols is 1. The molecule has 1 heterocycles. The normalized spacial score (nSPS) is 15.2. The molecule has 1 aromatic carbocycles. The van der Waals surface area contributed by atoms with Crippen LogP contribution in [-0.4, -0.2) is 41.2 Å². The van der Waals surface area contributed by atoms with Crippen molar-refractivity contribution in [2.24, 2.45) is 0 Å². The van der Waals surface area contributed by atoms with Gasteiger partial charge in [-0.05, 0) is 25.0 Å². The standard InChI is InChI=1S/C17H24N2O4/c20-15-9-6-5-8-14(15)17(22)18-11-7-3-1-2-4-10-16(21)19(23)12-13-19/h5-6,8-9,20H,1-4,7,10-13H2,(H,18,22). The lowest BCUT2D eigenvalue weighted by atomic mass is 10.1. The van der Waals surface area contributed by atoms with Crippen molar-refractivity contribution in [3.63, 3.8) is 0 Å². The fraction of sp³-hybridized carbons (Fsp3) is 0.529. The van der Waals surface area contributed by atoms with Crippen LogP contribution in [0.15, 0.2) is 24.3 Å². The molecule has 0 aromatic heterocycles. The van der Waals surface area contributed by atoms with E-state index in [2.05, 4.69) is 5.32 Å². The minimum absolute atomic E-state index is 0.0140. The monoisotopic (exact) mass is 320 g/mol. The van der Waals surface area contributed by atoms with Crippen LogP contribution in [0.1, 0.15) is 48.9 Å². The van der Waals surface area contributed by atoms with Gasteiger partial charge >= 0.3 is 5.91 Å². The van der Waals surface area contributed by atoms with Crippen molar-refractivity contribution in [1.29, 1.82) is 0 Å². The average molecular weight is 320 g/mol. The summed E-state index contributed by atoms with van der Waals surface area (Å²) in [6.45, 7) is 1.47. The molecule has 2 amide bonds. The highest BCUT2D eigenvalue weighted by molar-refractivity contribution is 5.96. The second-order valence-corrected chi connectivity index (χ2v) is 6.02. The van der Waals surface area contributed by atoms with Gasteiger partial charge in [0.1, 0.15) is 18.8 Å². The highest BCUT2D eigenvalue weighted by Crippen LogP contribution is 2.21. The summed E-state index contributed by atoms with van der Waals surface area (Å²) in [5.74, 6) is -0.462. The average Bonchev–Trinajstić information content (AvgIpc) is 3.29. The Kier molecular flexibility index (Phi) is 6.12. The van der Waals surface area contributed by atoms with Crippen LogP contribution in [0.4, 0.5) is 0 Å². The van der Waals surface area contributed by atoms with Crippen molar-refractivity contribution in [2.45, 2.75) is 38.5 Å². The van der Waals surface area contributed by atoms with Crippen molar-refractivity contribution in [3.05, 3.63) is 35.0 Å². The van der Waals surface area contributed by atoms with E-state index in [4.69, 9.17) is 0 Å². The number of carbonyl (C=O) groups excluding carboxylic acids is 2. The summed E-state index contributed by atoms with van der Waals surface area (Å²) >= 11 is 0. The topological polar surface area (TPSA) is 89.5 Å². The molecule has 0 unspecified atom stereocenters. The van der Waals surface area contributed by atoms with E-state index in [0.717, 1.165) is 32.1 Å². The Morgan fingerprint density at radius 3 is 2.43 bits per heavy atom. The minimum atomic E-state index is -0.613. The molecule has 1 aliphatic rings. The van der Waals surface area contributed by atoms with Gasteiger partial charge in [-0.3, -0.25) is 9.44 Å². The molecular weight excluding hydrogens is 296 g/mol. The summed E-state index contributed by atoms with van der Waals surface area (Å²) in [5.41, 5.74) is 0.288. The molecule has 0 saturated carbocycles. The number of nitrogens with zero attached hydrogens (tertiary/aromatic N) is 1. The summed E-state index contributed by atoms with van der Waals surface area (Å²) in [6, 6.07) is 6.46. The van der Waals surface area contributed by atoms with Crippen LogP contribution in [0.25, 0.3) is 0 Å². The molecule has 0 atom stereocenters. The highest BCUT2D eigenvalue weighted by atomic mass is 16.6. The first-order valence-corrected chi connectivity index (χ1v) is 8.20. The first-order chi connectivity index (χ1) is 11.0. The Morgan fingerprint density at radius 2 is 1.74 bits per heavy atom. The van der Waals surface area contributed by atoms with Crippen LogP contribution in [-0.2, 0) is 4.79 Å². The summed E-state index contributed by atoms with van der Waals surface area (Å²) in [7, 11) is 0. The Hall–Kier alpha value is -1.92. The quantitative estimate of drug-likeness (QED) is 0.316. The number of carbonyl (C=O) groups is 2. The van der Waals surface area contributed by atoms with Crippen LogP contribution < -0.4 is 5.32 Å². The van der Waals surface area contributed by atoms with Crippen LogP contribution in [0, 0.1) is 5.21 Å². The van der Waals surface area contributed by atoms with Gasteiger partial charge in [0.15, 0.2) is 0 Å². The second kappa shape index (κ2) is 8.08. The van der Waals surface area contributed by atoms with Crippen molar-refractivity contribution in [3.8, 4) is 5.75 Å². The second-order valence-electron chi connectivity index (χ2n) is 6.02. The largest absolute Gasteiger partial charge is 0.625 e. The van der Waals surface area contributed by atoms with E-state index in [1.54, 1.807) is 18.2 Å². The number of hydroxylamine groups is 3. The van der Waals surface area contributed by atoms with E-state index >= 15 is 0 Å². The SMILES string of the molecule is O=C(NCCCCCCCC(=O)[N+]1([O-])CC1)c1ccccc1O. The van der Waals surface area contributed by atoms with Crippen LogP contribution >= 0.6 is 0 Å². The van der Waals surface area contributed by atoms with Gasteiger partial charge in [0.25, 0.3) is 5.91 Å². The van der Waals surface area contributed by atoms with Crippen molar-refractivity contribution in [1.82, 2.24) is 5.32 Å². The zero-order valence-corrected chi connectivity index (χ0v) is 13.3. The van der Waals surface area contributed by atoms with Gasteiger partial charge in [-0.1, -0.05) is 31.4 Å². The van der Waals surface area contributed by atoms with E-state index < -0.39 is 4.65 Å². The van der Waals surface area contributed by atoms with Crippen molar-refractivity contribution in [2.75, 3.05) is 19.6 Å². The minimum Gasteiger partial charge on any atom is -0.625 e. The Balaban J connectivity index is 1.49. The molecule has 1 saturated heterocycles. The number of aromatic hydroxyl groups is 1. The third kappa shape index (κ3) is 5.33. The highest BCUT2D eigenvalue weighted by Gasteiger charge is 2.39. The Bertz CT molecular complexity index is 555. The Morgan fingerprint density at radius 1 is 1.09 bits per heavy atom. The fourth-order valence-electron chi connectivity index (χ4n) is 2.44. The molecule has 1 aromatic rings. The first-order valence-electron chi connectivity index (χ1n) is 8.20. The molecule has 0 aliphatic carbocycles. The van der Waals surface area contributed by atoms with Crippen molar-refractivity contribution < 1.29 is 19.3 Å². The third-order valence-electron chi connectivity index (χ3n) is 4.09. The number of quaternary nitrogens is 1. The summed E-state index contributed by atoms with van der Waals surface area (Å²) in [6.07, 6.45) is 4.89. The van der Waals surface area contributed by atoms with Crippen LogP contribution in [0.3, 0.4) is 0 Å². The number of phenolic OH excluding ortho intramolecular Hbond substituents is 1. The summed E-state index contributed by atoms with van der Waals surface area (Å²) in [5, 5.41) is 23.8. The smallest absolute Gasteiger partial charge is 0.314 e. The lowest BCUT2D eigenvalue weighted by Crippen LogP contribution is -2.26. The molecule has 1 fully saturated rings. The van der Waals surface area contributed by atoms with E-state index in [-0.39, 0.29) is 23.1 Å². The predicted octanol–water partition coefficient (Wildman–Crippen LogP) is 2.32. The van der Waals surface area contributed by atoms with E-state index in [1.807, 2.05) is 0 Å². The number of hydrogen-bond acceptors (Lipinski definition) is 4. The molecule has 6 heteroatoms. The summed E-state index contributed by atoms with van der Waals surface area (Å²) < 4.78 is -0.613. The molecule has 23 heavy (non-hydrogen) atoms. The zero-order valence-electron chi connectivity index (χ0n) is 13.3. The molecule has 0 spiro atoms. The first kappa shape index (κ1) is 17.4. The van der Waals surface area contributed by atoms with Gasteiger partial charge in [0.05, 0.1) is 12.0 Å². The van der Waals surface area contributed by atoms with E-state index in [9.17, 15) is 19.9 Å². The molecule has 2 rings (SSSR count). The number of rotatable bonds is 9. The van der Waals surface area contributed by atoms with E-state index in [1.165, 1.54) is 6.07 Å². The van der Waals surface area contributed by atoms with Gasteiger partial charge in [-0.25, -0.2) is 4.79 Å². The van der Waals surface area contributed by atoms with Gasteiger partial charge in [0.2, 0.25) is 0 Å². The number of unbranched alkanes of at least 4 members (excludes halogenated alkanes) is 4. The van der Waals surface area contributed by atoms with E-state index in [0.29, 0.717) is 26.1 Å². The molecule has 126 valence electrons. The van der Waals surface area contributed by atoms with Crippen LogP contribution in [0.5, 0.6) is 5.75 Å². The number of hydrogen-bond donors (Lipinski definition) is 2. The number of nitrogens with one attached hydrogen (secondary N) is 1. The fourth-order valence-corrected chi connectivity index (χ4v) is 2.44. The lowest BCUT2D eigenvalue weighted by Gasteiger charge is -2.17. The maximum Gasteiger partial charge on any atom is 0.314 e. The maximum atomic E-state index is 11.8. The maximum absolute atomic E-state index is 11.8. The molecule has 0 radical (unpaired) electrons. The molecular formula is C17H24N2O4. The molecule has 2 N–H and O–H groups in total. The van der Waals surface area contributed by atoms with Crippen molar-refractivity contribution >= 4 is 11.8 Å². The lowest BCUT2D eigenvalue weighted by molar-refractivity contribution is -0.660. The van der Waals surface area contributed by atoms with Gasteiger partial charge in [0, 0.05) is 6.54 Å². The molecule has 1 aliphatic heterocycles. The number of benzene rings is 1.